The van der Waals surface area contributed by atoms with Crippen molar-refractivity contribution in [3.63, 3.8) is 0 Å². The van der Waals surface area contributed by atoms with Gasteiger partial charge in [0.2, 0.25) is 0 Å². The van der Waals surface area contributed by atoms with Crippen LogP contribution in [0, 0.1) is 6.92 Å². The molecule has 0 aromatic heterocycles. The van der Waals surface area contributed by atoms with E-state index in [1.165, 1.54) is 17.0 Å². The number of morpholine rings is 1. The largest absolute Gasteiger partial charge is 0.377 e. The van der Waals surface area contributed by atoms with Crippen molar-refractivity contribution in [2.75, 3.05) is 19.8 Å². The molecule has 1 saturated heterocycles. The Bertz CT molecular complexity index is 623. The minimum atomic E-state index is -3.86. The Balaban J connectivity index is 2.16. The van der Waals surface area contributed by atoms with Gasteiger partial charge in [0.05, 0.1) is 23.6 Å². The molecule has 2 amide bonds. The Kier molecular flexibility index (Phi) is 4.25. The Labute approximate surface area is 125 Å². The summed E-state index contributed by atoms with van der Waals surface area (Å²) >= 11 is 0. The van der Waals surface area contributed by atoms with Gasteiger partial charge < -0.3 is 9.64 Å². The lowest BCUT2D eigenvalue weighted by atomic mass is 10.0. The molecule has 1 aliphatic heterocycles. The summed E-state index contributed by atoms with van der Waals surface area (Å²) in [4.78, 5) is 13.8. The number of sulfonamides is 1. The van der Waals surface area contributed by atoms with Crippen molar-refractivity contribution in [2.24, 2.45) is 0 Å². The molecule has 1 fully saturated rings. The topological polar surface area (TPSA) is 75.7 Å². The number of benzene rings is 1. The van der Waals surface area contributed by atoms with Gasteiger partial charge in [-0.3, -0.25) is 0 Å². The molecule has 0 atom stereocenters. The summed E-state index contributed by atoms with van der Waals surface area (Å²) in [7, 11) is -3.86. The third kappa shape index (κ3) is 3.54. The van der Waals surface area contributed by atoms with Gasteiger partial charge in [0.1, 0.15) is 0 Å². The number of hydrogen-bond donors (Lipinski definition) is 1. The van der Waals surface area contributed by atoms with E-state index in [0.717, 1.165) is 5.56 Å². The quantitative estimate of drug-likeness (QED) is 0.898. The molecule has 2 rings (SSSR count). The minimum absolute atomic E-state index is 0.0764. The fraction of sp³-hybridized carbons (Fsp3) is 0.500. The van der Waals surface area contributed by atoms with Gasteiger partial charge in [-0.2, -0.15) is 0 Å². The second kappa shape index (κ2) is 5.65. The Morgan fingerprint density at radius 1 is 1.29 bits per heavy atom. The molecule has 6 nitrogen and oxygen atoms in total. The van der Waals surface area contributed by atoms with Crippen LogP contribution in [0.25, 0.3) is 0 Å². The molecule has 116 valence electrons. The number of amides is 2. The zero-order valence-electron chi connectivity index (χ0n) is 12.4. The summed E-state index contributed by atoms with van der Waals surface area (Å²) in [5, 5.41) is 0. The summed E-state index contributed by atoms with van der Waals surface area (Å²) in [6, 6.07) is 5.73. The van der Waals surface area contributed by atoms with Crippen LogP contribution in [0.1, 0.15) is 19.4 Å². The van der Waals surface area contributed by atoms with Crippen LogP contribution in [-0.4, -0.2) is 44.6 Å². The molecule has 1 aliphatic rings. The molecule has 7 heteroatoms. The number of ether oxygens (including phenoxy) is 1. The van der Waals surface area contributed by atoms with E-state index in [2.05, 4.69) is 4.72 Å². The van der Waals surface area contributed by atoms with E-state index >= 15 is 0 Å². The first kappa shape index (κ1) is 15.8. The lowest BCUT2D eigenvalue weighted by Crippen LogP contribution is -2.58. The van der Waals surface area contributed by atoms with Crippen LogP contribution in [0.4, 0.5) is 4.79 Å². The van der Waals surface area contributed by atoms with Gasteiger partial charge in [0.25, 0.3) is 10.0 Å². The molecule has 0 aliphatic carbocycles. The highest BCUT2D eigenvalue weighted by atomic mass is 32.2. The van der Waals surface area contributed by atoms with E-state index < -0.39 is 21.6 Å². The van der Waals surface area contributed by atoms with Crippen molar-refractivity contribution in [2.45, 2.75) is 31.2 Å². The summed E-state index contributed by atoms with van der Waals surface area (Å²) in [6.07, 6.45) is 0. The number of rotatable bonds is 2. The summed E-state index contributed by atoms with van der Waals surface area (Å²) < 4.78 is 31.9. The van der Waals surface area contributed by atoms with Crippen molar-refractivity contribution in [1.82, 2.24) is 9.62 Å². The number of carbonyl (C=O) groups excluding carboxylic acids is 1. The normalized spacial score (nSPS) is 18.3. The average molecular weight is 312 g/mol. The van der Waals surface area contributed by atoms with E-state index in [1.54, 1.807) is 12.1 Å². The van der Waals surface area contributed by atoms with E-state index in [1.807, 2.05) is 20.8 Å². The number of urea groups is 1. The maximum absolute atomic E-state index is 12.2. The van der Waals surface area contributed by atoms with Crippen LogP contribution in [0.15, 0.2) is 29.2 Å². The third-order valence-corrected chi connectivity index (χ3v) is 4.78. The predicted molar refractivity (Wildman–Crippen MR) is 78.5 cm³/mol. The van der Waals surface area contributed by atoms with Gasteiger partial charge >= 0.3 is 6.03 Å². The second-order valence-corrected chi connectivity index (χ2v) is 7.42. The van der Waals surface area contributed by atoms with Crippen LogP contribution in [0.2, 0.25) is 0 Å². The summed E-state index contributed by atoms with van der Waals surface area (Å²) in [5.74, 6) is 0. The van der Waals surface area contributed by atoms with Crippen molar-refractivity contribution in [3.8, 4) is 0 Å². The molecule has 1 aromatic rings. The van der Waals surface area contributed by atoms with E-state index in [4.69, 9.17) is 4.74 Å². The smallest absolute Gasteiger partial charge is 0.331 e. The standard InChI is InChI=1S/C14H20N2O4S/c1-11-4-6-12(7-5-11)21(18,19)15-13(17)16-8-9-20-10-14(16,2)3/h4-7H,8-10H2,1-3H3,(H,15,17). The SMILES string of the molecule is Cc1ccc(S(=O)(=O)NC(=O)N2CCOCC2(C)C)cc1. The molecule has 0 saturated carbocycles. The lowest BCUT2D eigenvalue weighted by Gasteiger charge is -2.41. The monoisotopic (exact) mass is 312 g/mol. The van der Waals surface area contributed by atoms with Crippen LogP contribution < -0.4 is 4.72 Å². The Morgan fingerprint density at radius 3 is 2.48 bits per heavy atom. The zero-order chi connectivity index (χ0) is 15.7. The first-order valence-electron chi connectivity index (χ1n) is 6.71. The molecule has 1 N–H and O–H groups in total. The Morgan fingerprint density at radius 2 is 1.90 bits per heavy atom. The van der Waals surface area contributed by atoms with Crippen LogP contribution in [-0.2, 0) is 14.8 Å². The molecule has 1 aromatic carbocycles. The number of carbonyl (C=O) groups is 1. The average Bonchev–Trinajstić information content (AvgIpc) is 2.37. The first-order valence-corrected chi connectivity index (χ1v) is 8.19. The minimum Gasteiger partial charge on any atom is -0.377 e. The zero-order valence-corrected chi connectivity index (χ0v) is 13.2. The van der Waals surface area contributed by atoms with Gasteiger partial charge in [-0.05, 0) is 32.9 Å². The van der Waals surface area contributed by atoms with Crippen molar-refractivity contribution < 1.29 is 17.9 Å². The molecular weight excluding hydrogens is 292 g/mol. The summed E-state index contributed by atoms with van der Waals surface area (Å²) in [6.45, 7) is 6.69. The maximum Gasteiger partial charge on any atom is 0.331 e. The highest BCUT2D eigenvalue weighted by Gasteiger charge is 2.35. The number of nitrogens with zero attached hydrogens (tertiary/aromatic N) is 1. The molecule has 1 heterocycles. The van der Waals surface area contributed by atoms with Crippen molar-refractivity contribution in [1.29, 1.82) is 0 Å². The van der Waals surface area contributed by atoms with Gasteiger partial charge in [-0.15, -0.1) is 0 Å². The predicted octanol–water partition coefficient (Wildman–Crippen LogP) is 1.50. The van der Waals surface area contributed by atoms with Crippen molar-refractivity contribution in [3.05, 3.63) is 29.8 Å². The van der Waals surface area contributed by atoms with Crippen molar-refractivity contribution >= 4 is 16.1 Å². The highest BCUT2D eigenvalue weighted by molar-refractivity contribution is 7.90. The van der Waals surface area contributed by atoms with Gasteiger partial charge in [0, 0.05) is 6.54 Å². The lowest BCUT2D eigenvalue weighted by molar-refractivity contribution is -0.0267. The molecule has 0 unspecified atom stereocenters. The van der Waals surface area contributed by atoms with Gasteiger partial charge in [-0.25, -0.2) is 17.9 Å². The third-order valence-electron chi connectivity index (χ3n) is 3.44. The highest BCUT2D eigenvalue weighted by Crippen LogP contribution is 2.19. The maximum atomic E-state index is 12.2. The summed E-state index contributed by atoms with van der Waals surface area (Å²) in [5.41, 5.74) is 0.417. The van der Waals surface area contributed by atoms with Crippen LogP contribution >= 0.6 is 0 Å². The molecular formula is C14H20N2O4S. The second-order valence-electron chi connectivity index (χ2n) is 5.74. The van der Waals surface area contributed by atoms with E-state index in [0.29, 0.717) is 19.8 Å². The van der Waals surface area contributed by atoms with Crippen LogP contribution in [0.5, 0.6) is 0 Å². The Hall–Kier alpha value is -1.60. The first-order chi connectivity index (χ1) is 9.72. The van der Waals surface area contributed by atoms with Gasteiger partial charge in [-0.1, -0.05) is 17.7 Å². The molecule has 0 spiro atoms. The van der Waals surface area contributed by atoms with Gasteiger partial charge in [0.15, 0.2) is 0 Å². The number of aryl methyl sites for hydroxylation is 1. The molecule has 0 bridgehead atoms. The number of nitrogens with one attached hydrogen (secondary N) is 1. The van der Waals surface area contributed by atoms with E-state index in [-0.39, 0.29) is 4.90 Å². The number of hydrogen-bond acceptors (Lipinski definition) is 4. The fourth-order valence-electron chi connectivity index (χ4n) is 2.18. The molecule has 0 radical (unpaired) electrons. The fourth-order valence-corrected chi connectivity index (χ4v) is 3.13. The van der Waals surface area contributed by atoms with Crippen LogP contribution in [0.3, 0.4) is 0 Å². The van der Waals surface area contributed by atoms with E-state index in [9.17, 15) is 13.2 Å². The molecule has 21 heavy (non-hydrogen) atoms.